The Labute approximate surface area is 104 Å². The normalized spacial score (nSPS) is 10.6. The fraction of sp³-hybridized carbons (Fsp3) is 0.571. The molecule has 0 N–H and O–H groups in total. The first-order chi connectivity index (χ1) is 8.24. The Morgan fingerprint density at radius 2 is 1.65 bits per heavy atom. The Morgan fingerprint density at radius 1 is 1.00 bits per heavy atom. The molecule has 96 valence electrons. The van der Waals surface area contributed by atoms with Gasteiger partial charge < -0.3 is 14.4 Å². The van der Waals surface area contributed by atoms with E-state index in [-0.39, 0.29) is 0 Å². The molecule has 0 saturated heterocycles. The maximum Gasteiger partial charge on any atom is 0.160 e. The molecule has 1 aromatic carbocycles. The van der Waals surface area contributed by atoms with Gasteiger partial charge in [0.1, 0.15) is 0 Å². The maximum atomic E-state index is 5.30. The summed E-state index contributed by atoms with van der Waals surface area (Å²) >= 11 is 0. The zero-order chi connectivity index (χ0) is 12.7. The van der Waals surface area contributed by atoms with Crippen LogP contribution in [-0.2, 0) is 6.42 Å². The van der Waals surface area contributed by atoms with Gasteiger partial charge in [0, 0.05) is 6.54 Å². The average molecular weight is 237 g/mol. The van der Waals surface area contributed by atoms with Crippen molar-refractivity contribution in [2.24, 2.45) is 0 Å². The van der Waals surface area contributed by atoms with E-state index >= 15 is 0 Å². The second-order valence-corrected chi connectivity index (χ2v) is 3.97. The van der Waals surface area contributed by atoms with Crippen LogP contribution >= 0.6 is 0 Å². The van der Waals surface area contributed by atoms with E-state index in [1.54, 1.807) is 14.2 Å². The summed E-state index contributed by atoms with van der Waals surface area (Å²) in [5.41, 5.74) is 1.29. The van der Waals surface area contributed by atoms with Crippen LogP contribution in [0.1, 0.15) is 19.4 Å². The number of hydrogen-bond donors (Lipinski definition) is 0. The number of likely N-dealkylation sites (N-methyl/N-ethyl adjacent to an activating group) is 1. The van der Waals surface area contributed by atoms with Gasteiger partial charge in [0.05, 0.1) is 14.2 Å². The highest BCUT2D eigenvalue weighted by molar-refractivity contribution is 5.42. The summed E-state index contributed by atoms with van der Waals surface area (Å²) in [6.07, 6.45) is 1.04. The van der Waals surface area contributed by atoms with Crippen LogP contribution in [0.15, 0.2) is 18.2 Å². The van der Waals surface area contributed by atoms with Crippen LogP contribution in [-0.4, -0.2) is 38.8 Å². The van der Waals surface area contributed by atoms with Crippen LogP contribution in [0.3, 0.4) is 0 Å². The van der Waals surface area contributed by atoms with Crippen molar-refractivity contribution in [3.63, 3.8) is 0 Å². The van der Waals surface area contributed by atoms with Crippen LogP contribution in [0.5, 0.6) is 11.5 Å². The summed E-state index contributed by atoms with van der Waals surface area (Å²) in [6, 6.07) is 6.13. The van der Waals surface area contributed by atoms with E-state index in [4.69, 9.17) is 9.47 Å². The van der Waals surface area contributed by atoms with Crippen molar-refractivity contribution >= 4 is 0 Å². The van der Waals surface area contributed by atoms with Gasteiger partial charge in [0.15, 0.2) is 11.5 Å². The van der Waals surface area contributed by atoms with Gasteiger partial charge in [-0.25, -0.2) is 0 Å². The molecule has 0 aliphatic carbocycles. The molecule has 0 bridgehead atoms. The summed E-state index contributed by atoms with van der Waals surface area (Å²) in [7, 11) is 3.33. The van der Waals surface area contributed by atoms with Crippen LogP contribution in [0.4, 0.5) is 0 Å². The van der Waals surface area contributed by atoms with Crippen LogP contribution in [0.25, 0.3) is 0 Å². The predicted molar refractivity (Wildman–Crippen MR) is 71.0 cm³/mol. The van der Waals surface area contributed by atoms with E-state index in [1.807, 2.05) is 6.07 Å². The molecule has 3 nitrogen and oxygen atoms in total. The van der Waals surface area contributed by atoms with Gasteiger partial charge in [-0.15, -0.1) is 0 Å². The molecule has 0 fully saturated rings. The first-order valence-corrected chi connectivity index (χ1v) is 6.18. The molecule has 1 rings (SSSR count). The van der Waals surface area contributed by atoms with E-state index in [2.05, 4.69) is 30.9 Å². The summed E-state index contributed by atoms with van der Waals surface area (Å²) in [5.74, 6) is 1.60. The lowest BCUT2D eigenvalue weighted by atomic mass is 10.1. The zero-order valence-corrected chi connectivity index (χ0v) is 11.3. The zero-order valence-electron chi connectivity index (χ0n) is 11.3. The molecule has 0 radical (unpaired) electrons. The lowest BCUT2D eigenvalue weighted by molar-refractivity contribution is 0.307. The van der Waals surface area contributed by atoms with E-state index in [0.29, 0.717) is 0 Å². The molecule has 0 atom stereocenters. The highest BCUT2D eigenvalue weighted by Gasteiger charge is 2.05. The van der Waals surface area contributed by atoms with Crippen LogP contribution < -0.4 is 9.47 Å². The first kappa shape index (κ1) is 13.8. The molecule has 0 heterocycles. The second kappa shape index (κ2) is 7.17. The van der Waals surface area contributed by atoms with Gasteiger partial charge in [0.25, 0.3) is 0 Å². The van der Waals surface area contributed by atoms with E-state index < -0.39 is 0 Å². The summed E-state index contributed by atoms with van der Waals surface area (Å²) < 4.78 is 10.5. The molecule has 0 spiro atoms. The van der Waals surface area contributed by atoms with Gasteiger partial charge in [-0.3, -0.25) is 0 Å². The second-order valence-electron chi connectivity index (χ2n) is 3.97. The van der Waals surface area contributed by atoms with Gasteiger partial charge >= 0.3 is 0 Å². The SMILES string of the molecule is CCN(CC)CCc1ccc(OC)c(OC)c1. The third-order valence-electron chi connectivity index (χ3n) is 3.06. The average Bonchev–Trinajstić information content (AvgIpc) is 2.39. The lowest BCUT2D eigenvalue weighted by Crippen LogP contribution is -2.25. The third-order valence-corrected chi connectivity index (χ3v) is 3.06. The van der Waals surface area contributed by atoms with Gasteiger partial charge in [-0.1, -0.05) is 19.9 Å². The van der Waals surface area contributed by atoms with Crippen LogP contribution in [0.2, 0.25) is 0 Å². The number of ether oxygens (including phenoxy) is 2. The predicted octanol–water partition coefficient (Wildman–Crippen LogP) is 2.59. The van der Waals surface area contributed by atoms with E-state index in [0.717, 1.165) is 37.6 Å². The van der Waals surface area contributed by atoms with Crippen molar-refractivity contribution in [1.82, 2.24) is 4.90 Å². The fourth-order valence-electron chi connectivity index (χ4n) is 1.86. The van der Waals surface area contributed by atoms with E-state index in [9.17, 15) is 0 Å². The minimum Gasteiger partial charge on any atom is -0.493 e. The van der Waals surface area contributed by atoms with Crippen molar-refractivity contribution < 1.29 is 9.47 Å². The largest absolute Gasteiger partial charge is 0.493 e. The summed E-state index contributed by atoms with van der Waals surface area (Å²) in [6.45, 7) is 7.67. The molecule has 0 aliphatic rings. The van der Waals surface area contributed by atoms with Gasteiger partial charge in [-0.05, 0) is 37.2 Å². The Kier molecular flexibility index (Phi) is 5.84. The minimum absolute atomic E-state index is 0.791. The summed E-state index contributed by atoms with van der Waals surface area (Å²) in [4.78, 5) is 2.41. The molecule has 0 saturated carbocycles. The Bertz CT molecular complexity index is 335. The van der Waals surface area contributed by atoms with E-state index in [1.165, 1.54) is 5.56 Å². The minimum atomic E-state index is 0.791. The van der Waals surface area contributed by atoms with Crippen LogP contribution in [0, 0.1) is 0 Å². The van der Waals surface area contributed by atoms with Crippen molar-refractivity contribution in [1.29, 1.82) is 0 Å². The number of nitrogens with zero attached hydrogens (tertiary/aromatic N) is 1. The molecular weight excluding hydrogens is 214 g/mol. The van der Waals surface area contributed by atoms with Crippen molar-refractivity contribution in [3.05, 3.63) is 23.8 Å². The van der Waals surface area contributed by atoms with Gasteiger partial charge in [-0.2, -0.15) is 0 Å². The van der Waals surface area contributed by atoms with Crippen molar-refractivity contribution in [2.75, 3.05) is 33.9 Å². The number of benzene rings is 1. The fourth-order valence-corrected chi connectivity index (χ4v) is 1.86. The Morgan fingerprint density at radius 3 is 2.18 bits per heavy atom. The smallest absolute Gasteiger partial charge is 0.160 e. The van der Waals surface area contributed by atoms with Crippen molar-refractivity contribution in [3.8, 4) is 11.5 Å². The highest BCUT2D eigenvalue weighted by atomic mass is 16.5. The lowest BCUT2D eigenvalue weighted by Gasteiger charge is -2.18. The molecule has 0 unspecified atom stereocenters. The molecule has 0 amide bonds. The van der Waals surface area contributed by atoms with Gasteiger partial charge in [0.2, 0.25) is 0 Å². The quantitative estimate of drug-likeness (QED) is 0.727. The third kappa shape index (κ3) is 3.93. The summed E-state index contributed by atoms with van der Waals surface area (Å²) in [5, 5.41) is 0. The number of hydrogen-bond acceptors (Lipinski definition) is 3. The molecular formula is C14H23NO2. The molecule has 0 aliphatic heterocycles. The Balaban J connectivity index is 2.66. The Hall–Kier alpha value is -1.22. The topological polar surface area (TPSA) is 21.7 Å². The number of rotatable bonds is 7. The van der Waals surface area contributed by atoms with Crippen molar-refractivity contribution in [2.45, 2.75) is 20.3 Å². The standard InChI is InChI=1S/C14H23NO2/c1-5-15(6-2)10-9-12-7-8-13(16-3)14(11-12)17-4/h7-8,11H,5-6,9-10H2,1-4H3. The molecule has 0 aromatic heterocycles. The molecule has 1 aromatic rings. The maximum absolute atomic E-state index is 5.30. The molecule has 3 heteroatoms. The number of methoxy groups -OCH3 is 2. The highest BCUT2D eigenvalue weighted by Crippen LogP contribution is 2.27. The first-order valence-electron chi connectivity index (χ1n) is 6.18. The molecule has 17 heavy (non-hydrogen) atoms. The monoisotopic (exact) mass is 237 g/mol.